The van der Waals surface area contributed by atoms with Crippen LogP contribution in [0.5, 0.6) is 0 Å². The number of nitrogens with one attached hydrogen (secondary N) is 1. The van der Waals surface area contributed by atoms with Crippen molar-refractivity contribution in [2.75, 3.05) is 11.1 Å². The number of anilines is 2. The summed E-state index contributed by atoms with van der Waals surface area (Å²) in [6, 6.07) is 0.253. The molecule has 0 fully saturated rings. The lowest BCUT2D eigenvalue weighted by molar-refractivity contribution is 0.552. The highest BCUT2D eigenvalue weighted by molar-refractivity contribution is 5.40. The Morgan fingerprint density at radius 1 is 1.35 bits per heavy atom. The Morgan fingerprint density at radius 2 is 2.12 bits per heavy atom. The molecule has 5 heteroatoms. The zero-order chi connectivity index (χ0) is 12.7. The first-order valence-electron chi connectivity index (χ1n) is 6.21. The predicted molar refractivity (Wildman–Crippen MR) is 68.2 cm³/mol. The van der Waals surface area contributed by atoms with E-state index >= 15 is 0 Å². The molecule has 0 aliphatic carbocycles. The number of nitrogens with zero attached hydrogens (tertiary/aromatic N) is 2. The van der Waals surface area contributed by atoms with Gasteiger partial charge in [0.2, 0.25) is 5.95 Å². The van der Waals surface area contributed by atoms with Gasteiger partial charge in [0.15, 0.2) is 11.6 Å². The molecule has 96 valence electrons. The van der Waals surface area contributed by atoms with Gasteiger partial charge >= 0.3 is 0 Å². The first-order valence-corrected chi connectivity index (χ1v) is 6.21. The third-order valence-corrected chi connectivity index (χ3v) is 2.65. The van der Waals surface area contributed by atoms with Gasteiger partial charge in [-0.3, -0.25) is 0 Å². The van der Waals surface area contributed by atoms with Crippen molar-refractivity contribution in [3.63, 3.8) is 0 Å². The minimum Gasteiger partial charge on any atom is -0.368 e. The summed E-state index contributed by atoms with van der Waals surface area (Å²) in [5, 5.41) is 3.12. The van der Waals surface area contributed by atoms with Crippen LogP contribution in [0.2, 0.25) is 0 Å². The molecule has 4 nitrogen and oxygen atoms in total. The molecule has 0 aliphatic heterocycles. The van der Waals surface area contributed by atoms with Gasteiger partial charge in [0.05, 0.1) is 6.20 Å². The van der Waals surface area contributed by atoms with Crippen LogP contribution in [0.3, 0.4) is 0 Å². The van der Waals surface area contributed by atoms with Crippen LogP contribution in [0.15, 0.2) is 6.20 Å². The summed E-state index contributed by atoms with van der Waals surface area (Å²) < 4.78 is 13.4. The van der Waals surface area contributed by atoms with Crippen molar-refractivity contribution in [3.05, 3.63) is 12.0 Å². The lowest BCUT2D eigenvalue weighted by Crippen LogP contribution is -2.21. The van der Waals surface area contributed by atoms with Crippen molar-refractivity contribution in [2.45, 2.75) is 52.0 Å². The van der Waals surface area contributed by atoms with Gasteiger partial charge in [0.1, 0.15) is 0 Å². The van der Waals surface area contributed by atoms with Crippen LogP contribution in [0.1, 0.15) is 46.0 Å². The number of rotatable bonds is 7. The van der Waals surface area contributed by atoms with Gasteiger partial charge < -0.3 is 11.1 Å². The number of halogens is 1. The normalized spacial score (nSPS) is 12.4. The average Bonchev–Trinajstić information content (AvgIpc) is 2.31. The number of hydrogen-bond acceptors (Lipinski definition) is 4. The first-order chi connectivity index (χ1) is 8.17. The lowest BCUT2D eigenvalue weighted by Gasteiger charge is -2.18. The van der Waals surface area contributed by atoms with Gasteiger partial charge in [0.25, 0.3) is 0 Å². The van der Waals surface area contributed by atoms with Crippen LogP contribution in [-0.4, -0.2) is 16.0 Å². The maximum absolute atomic E-state index is 13.4. The van der Waals surface area contributed by atoms with E-state index in [2.05, 4.69) is 29.1 Å². The van der Waals surface area contributed by atoms with Crippen LogP contribution in [-0.2, 0) is 0 Å². The topological polar surface area (TPSA) is 63.8 Å². The van der Waals surface area contributed by atoms with Gasteiger partial charge in [-0.1, -0.05) is 33.1 Å². The van der Waals surface area contributed by atoms with Crippen LogP contribution in [0.4, 0.5) is 16.2 Å². The van der Waals surface area contributed by atoms with E-state index in [-0.39, 0.29) is 17.8 Å². The summed E-state index contributed by atoms with van der Waals surface area (Å²) in [7, 11) is 0. The first kappa shape index (κ1) is 13.7. The highest BCUT2D eigenvalue weighted by Crippen LogP contribution is 2.16. The molecule has 0 aromatic carbocycles. The van der Waals surface area contributed by atoms with E-state index in [4.69, 9.17) is 5.73 Å². The monoisotopic (exact) mass is 240 g/mol. The van der Waals surface area contributed by atoms with Gasteiger partial charge in [-0.2, -0.15) is 4.98 Å². The zero-order valence-corrected chi connectivity index (χ0v) is 10.5. The summed E-state index contributed by atoms with van der Waals surface area (Å²) >= 11 is 0. The molecule has 1 atom stereocenters. The summed E-state index contributed by atoms with van der Waals surface area (Å²) in [4.78, 5) is 7.49. The fourth-order valence-corrected chi connectivity index (χ4v) is 1.76. The molecule has 0 amide bonds. The standard InChI is InChI=1S/C12H21FN4/c1-3-5-7-9(6-4-2)16-11-10(13)8-15-12(14)17-11/h8-9H,3-7H2,1-2H3,(H3,14,15,16,17). The van der Waals surface area contributed by atoms with E-state index in [0.29, 0.717) is 0 Å². The number of hydrogen-bond donors (Lipinski definition) is 2. The highest BCUT2D eigenvalue weighted by Gasteiger charge is 2.11. The second-order valence-corrected chi connectivity index (χ2v) is 4.20. The van der Waals surface area contributed by atoms with Crippen molar-refractivity contribution < 1.29 is 4.39 Å². The van der Waals surface area contributed by atoms with Crippen molar-refractivity contribution in [2.24, 2.45) is 0 Å². The van der Waals surface area contributed by atoms with Gasteiger partial charge in [-0.05, 0) is 12.8 Å². The van der Waals surface area contributed by atoms with Gasteiger partial charge in [-0.15, -0.1) is 0 Å². The van der Waals surface area contributed by atoms with E-state index in [1.165, 1.54) is 0 Å². The second kappa shape index (κ2) is 7.04. The van der Waals surface area contributed by atoms with Crippen molar-refractivity contribution in [1.82, 2.24) is 9.97 Å². The van der Waals surface area contributed by atoms with Crippen LogP contribution >= 0.6 is 0 Å². The molecule has 0 aliphatic rings. The Labute approximate surface area is 102 Å². The van der Waals surface area contributed by atoms with Crippen LogP contribution in [0, 0.1) is 5.82 Å². The Hall–Kier alpha value is -1.39. The molecule has 1 aromatic heterocycles. The Morgan fingerprint density at radius 3 is 2.76 bits per heavy atom. The summed E-state index contributed by atoms with van der Waals surface area (Å²) in [5.74, 6) is -0.136. The molecule has 3 N–H and O–H groups in total. The summed E-state index contributed by atoms with van der Waals surface area (Å²) in [6.45, 7) is 4.26. The molecule has 1 aromatic rings. The molecule has 0 saturated carbocycles. The predicted octanol–water partition coefficient (Wildman–Crippen LogP) is 2.97. The Bertz CT molecular complexity index is 343. The van der Waals surface area contributed by atoms with Gasteiger partial charge in [-0.25, -0.2) is 9.37 Å². The van der Waals surface area contributed by atoms with E-state index in [9.17, 15) is 4.39 Å². The molecule has 0 spiro atoms. The smallest absolute Gasteiger partial charge is 0.222 e. The number of nitrogen functional groups attached to an aromatic ring is 1. The van der Waals surface area contributed by atoms with E-state index < -0.39 is 5.82 Å². The lowest BCUT2D eigenvalue weighted by atomic mass is 10.1. The average molecular weight is 240 g/mol. The molecule has 1 heterocycles. The highest BCUT2D eigenvalue weighted by atomic mass is 19.1. The number of aromatic nitrogens is 2. The maximum Gasteiger partial charge on any atom is 0.222 e. The quantitative estimate of drug-likeness (QED) is 0.769. The number of unbranched alkanes of at least 4 members (excludes halogenated alkanes) is 1. The third kappa shape index (κ3) is 4.54. The third-order valence-electron chi connectivity index (χ3n) is 2.65. The Balaban J connectivity index is 2.67. The molecule has 1 unspecified atom stereocenters. The molecular weight excluding hydrogens is 219 g/mol. The SMILES string of the molecule is CCCCC(CCC)Nc1nc(N)ncc1F. The van der Waals surface area contributed by atoms with Crippen molar-refractivity contribution >= 4 is 11.8 Å². The minimum absolute atomic E-state index is 0.0969. The largest absolute Gasteiger partial charge is 0.368 e. The fraction of sp³-hybridized carbons (Fsp3) is 0.667. The molecule has 1 rings (SSSR count). The van der Waals surface area contributed by atoms with E-state index in [0.717, 1.165) is 38.3 Å². The molecular formula is C12H21FN4. The summed E-state index contributed by atoms with van der Waals surface area (Å²) in [6.07, 6.45) is 6.45. The Kier molecular flexibility index (Phi) is 5.66. The van der Waals surface area contributed by atoms with E-state index in [1.54, 1.807) is 0 Å². The molecule has 0 bridgehead atoms. The van der Waals surface area contributed by atoms with Crippen LogP contribution < -0.4 is 11.1 Å². The molecule has 17 heavy (non-hydrogen) atoms. The van der Waals surface area contributed by atoms with Gasteiger partial charge in [0, 0.05) is 6.04 Å². The number of nitrogens with two attached hydrogens (primary N) is 1. The molecule has 0 saturated heterocycles. The second-order valence-electron chi connectivity index (χ2n) is 4.20. The maximum atomic E-state index is 13.4. The summed E-state index contributed by atoms with van der Waals surface area (Å²) in [5.41, 5.74) is 5.45. The van der Waals surface area contributed by atoms with Crippen molar-refractivity contribution in [3.8, 4) is 0 Å². The van der Waals surface area contributed by atoms with E-state index in [1.807, 2.05) is 0 Å². The fourth-order valence-electron chi connectivity index (χ4n) is 1.76. The van der Waals surface area contributed by atoms with Crippen LogP contribution in [0.25, 0.3) is 0 Å². The zero-order valence-electron chi connectivity index (χ0n) is 10.5. The molecule has 0 radical (unpaired) electrons. The minimum atomic E-state index is -0.447. The van der Waals surface area contributed by atoms with Crippen molar-refractivity contribution in [1.29, 1.82) is 0 Å².